The van der Waals surface area contributed by atoms with Crippen molar-refractivity contribution in [2.45, 2.75) is 0 Å². The van der Waals surface area contributed by atoms with Crippen LogP contribution in [0.15, 0.2) is 86.5 Å². The summed E-state index contributed by atoms with van der Waals surface area (Å²) in [7, 11) is 0. The van der Waals surface area contributed by atoms with E-state index in [1.807, 2.05) is 60.7 Å². The lowest BCUT2D eigenvalue weighted by Gasteiger charge is -2.05. The zero-order valence-electron chi connectivity index (χ0n) is 12.7. The molecule has 0 saturated heterocycles. The van der Waals surface area contributed by atoms with Gasteiger partial charge in [-0.2, -0.15) is 0 Å². The van der Waals surface area contributed by atoms with Gasteiger partial charge >= 0.3 is 0 Å². The van der Waals surface area contributed by atoms with Gasteiger partial charge in [0.25, 0.3) is 0 Å². The number of fused-ring (bicyclic) bond motifs is 1. The molecule has 108 valence electrons. The third kappa shape index (κ3) is 3.62. The average Bonchev–Trinajstić information content (AvgIpc) is 2.61. The molecule has 0 spiro atoms. The number of benzene rings is 3. The summed E-state index contributed by atoms with van der Waals surface area (Å²) in [5.74, 6) is 0. The van der Waals surface area contributed by atoms with Crippen LogP contribution in [0.25, 0.3) is 29.0 Å². The molecule has 3 aromatic rings. The van der Waals surface area contributed by atoms with Gasteiger partial charge in [0.05, 0.1) is 0 Å². The van der Waals surface area contributed by atoms with Gasteiger partial charge in [-0.1, -0.05) is 105 Å². The Bertz CT molecular complexity index is 780. The van der Waals surface area contributed by atoms with Crippen molar-refractivity contribution in [1.82, 2.24) is 0 Å². The summed E-state index contributed by atoms with van der Waals surface area (Å²) >= 11 is 0. The van der Waals surface area contributed by atoms with Crippen LogP contribution < -0.4 is 0 Å². The maximum absolute atomic E-state index is 3.84. The van der Waals surface area contributed by atoms with Crippen molar-refractivity contribution in [3.63, 3.8) is 0 Å². The first-order valence-electron chi connectivity index (χ1n) is 7.24. The Morgan fingerprint density at radius 3 is 1.86 bits per heavy atom. The fourth-order valence-electron chi connectivity index (χ4n) is 2.31. The molecule has 0 aliphatic heterocycles. The molecule has 0 N–H and O–H groups in total. The predicted molar refractivity (Wildman–Crippen MR) is 101 cm³/mol. The van der Waals surface area contributed by atoms with E-state index in [4.69, 9.17) is 0 Å². The molecule has 0 heteroatoms. The van der Waals surface area contributed by atoms with Gasteiger partial charge in [-0.3, -0.25) is 0 Å². The van der Waals surface area contributed by atoms with E-state index < -0.39 is 0 Å². The van der Waals surface area contributed by atoms with E-state index in [-0.39, 0.29) is 0 Å². The Hall–Kier alpha value is -2.86. The van der Waals surface area contributed by atoms with Crippen LogP contribution in [0, 0.1) is 0 Å². The molecule has 3 aromatic carbocycles. The van der Waals surface area contributed by atoms with Gasteiger partial charge in [0.15, 0.2) is 0 Å². The van der Waals surface area contributed by atoms with Gasteiger partial charge in [-0.15, -0.1) is 0 Å². The Morgan fingerprint density at radius 1 is 0.591 bits per heavy atom. The van der Waals surface area contributed by atoms with Crippen LogP contribution in [-0.4, -0.2) is 0 Å². The third-order valence-corrected chi connectivity index (χ3v) is 3.46. The van der Waals surface area contributed by atoms with Crippen molar-refractivity contribution >= 4 is 29.0 Å². The Labute approximate surface area is 132 Å². The Kier molecular flexibility index (Phi) is 5.50. The highest BCUT2D eigenvalue weighted by atomic mass is 14.0. The second-order valence-electron chi connectivity index (χ2n) is 4.81. The van der Waals surface area contributed by atoms with E-state index in [0.29, 0.717) is 0 Å². The van der Waals surface area contributed by atoms with E-state index in [2.05, 4.69) is 44.0 Å². The first-order valence-corrected chi connectivity index (χ1v) is 7.24. The largest absolute Gasteiger partial charge is 0.0985 e. The lowest BCUT2D eigenvalue weighted by atomic mass is 9.99. The summed E-state index contributed by atoms with van der Waals surface area (Å²) in [5, 5.41) is 2.48. The van der Waals surface area contributed by atoms with Gasteiger partial charge in [0, 0.05) is 0 Å². The number of hydrogen-bond acceptors (Lipinski definition) is 0. The molecule has 0 saturated carbocycles. The van der Waals surface area contributed by atoms with Crippen molar-refractivity contribution in [3.8, 4) is 0 Å². The molecule has 0 aliphatic rings. The molecule has 0 aliphatic carbocycles. The molecular formula is C22H20. The molecule has 0 unspecified atom stereocenters. The Morgan fingerprint density at radius 2 is 1.27 bits per heavy atom. The zero-order valence-corrected chi connectivity index (χ0v) is 12.7. The summed E-state index contributed by atoms with van der Waals surface area (Å²) in [6, 6.07) is 22.5. The monoisotopic (exact) mass is 284 g/mol. The van der Waals surface area contributed by atoms with E-state index >= 15 is 0 Å². The highest BCUT2D eigenvalue weighted by molar-refractivity contribution is 5.93. The molecule has 0 nitrogen and oxygen atoms in total. The molecular weight excluding hydrogens is 264 g/mol. The van der Waals surface area contributed by atoms with Crippen molar-refractivity contribution in [2.24, 2.45) is 0 Å². The first kappa shape index (κ1) is 15.5. The summed E-state index contributed by atoms with van der Waals surface area (Å²) in [4.78, 5) is 0. The van der Waals surface area contributed by atoms with Crippen LogP contribution in [0.1, 0.15) is 16.7 Å². The average molecular weight is 284 g/mol. The molecule has 0 aromatic heterocycles. The van der Waals surface area contributed by atoms with Crippen LogP contribution in [0.5, 0.6) is 0 Å². The summed E-state index contributed by atoms with van der Waals surface area (Å²) in [6.45, 7) is 11.3. The second-order valence-corrected chi connectivity index (χ2v) is 4.81. The summed E-state index contributed by atoms with van der Waals surface area (Å²) in [5.41, 5.74) is 3.48. The summed E-state index contributed by atoms with van der Waals surface area (Å²) in [6.07, 6.45) is 5.59. The highest BCUT2D eigenvalue weighted by Crippen LogP contribution is 2.23. The normalized spacial score (nSPS) is 9.45. The molecule has 0 radical (unpaired) electrons. The lowest BCUT2D eigenvalue weighted by Crippen LogP contribution is -1.82. The quantitative estimate of drug-likeness (QED) is 0.518. The molecule has 0 atom stereocenters. The minimum atomic E-state index is 1.14. The van der Waals surface area contributed by atoms with Crippen LogP contribution in [-0.2, 0) is 0 Å². The lowest BCUT2D eigenvalue weighted by molar-refractivity contribution is 1.67. The van der Waals surface area contributed by atoms with Crippen LogP contribution in [0.3, 0.4) is 0 Å². The fourth-order valence-corrected chi connectivity index (χ4v) is 2.31. The van der Waals surface area contributed by atoms with Crippen LogP contribution in [0.2, 0.25) is 0 Å². The molecule has 0 amide bonds. The zero-order chi connectivity index (χ0) is 15.8. The van der Waals surface area contributed by atoms with Gasteiger partial charge in [0.1, 0.15) is 0 Å². The Balaban J connectivity index is 0.000000188. The van der Waals surface area contributed by atoms with E-state index in [0.717, 1.165) is 11.1 Å². The van der Waals surface area contributed by atoms with E-state index in [1.165, 1.54) is 16.3 Å². The first-order chi connectivity index (χ1) is 10.8. The second kappa shape index (κ2) is 7.80. The van der Waals surface area contributed by atoms with E-state index in [1.54, 1.807) is 0 Å². The minimum Gasteiger partial charge on any atom is -0.0985 e. The maximum Gasteiger partial charge on any atom is -0.0106 e. The molecule has 0 bridgehead atoms. The van der Waals surface area contributed by atoms with Gasteiger partial charge < -0.3 is 0 Å². The molecule has 3 rings (SSSR count). The maximum atomic E-state index is 3.84. The summed E-state index contributed by atoms with van der Waals surface area (Å²) < 4.78 is 0. The van der Waals surface area contributed by atoms with Gasteiger partial charge in [-0.05, 0) is 27.5 Å². The SMILES string of the molecule is C=Cc1ccc2ccccc2c1C=C.C=Cc1ccccc1. The fraction of sp³-hybridized carbons (Fsp3) is 0. The van der Waals surface area contributed by atoms with Gasteiger partial charge in [-0.25, -0.2) is 0 Å². The van der Waals surface area contributed by atoms with Crippen molar-refractivity contribution in [2.75, 3.05) is 0 Å². The van der Waals surface area contributed by atoms with Gasteiger partial charge in [0.2, 0.25) is 0 Å². The van der Waals surface area contributed by atoms with Crippen molar-refractivity contribution < 1.29 is 0 Å². The standard InChI is InChI=1S/C14H12.C8H8/c1-3-11-9-10-12-7-5-6-8-14(12)13(11)4-2;1-2-8-6-4-3-5-7-8/h3-10H,1-2H2;2-7H,1H2. The number of hydrogen-bond donors (Lipinski definition) is 0. The van der Waals surface area contributed by atoms with Crippen molar-refractivity contribution in [3.05, 3.63) is 103 Å². The van der Waals surface area contributed by atoms with Crippen molar-refractivity contribution in [1.29, 1.82) is 0 Å². The highest BCUT2D eigenvalue weighted by Gasteiger charge is 2.00. The number of rotatable bonds is 3. The predicted octanol–water partition coefficient (Wildman–Crippen LogP) is 6.46. The smallest absolute Gasteiger partial charge is 0.0106 e. The molecule has 22 heavy (non-hydrogen) atoms. The van der Waals surface area contributed by atoms with E-state index in [9.17, 15) is 0 Å². The minimum absolute atomic E-state index is 1.14. The molecule has 0 heterocycles. The third-order valence-electron chi connectivity index (χ3n) is 3.46. The topological polar surface area (TPSA) is 0 Å². The molecule has 0 fully saturated rings. The van der Waals surface area contributed by atoms with Crippen LogP contribution in [0.4, 0.5) is 0 Å². The van der Waals surface area contributed by atoms with Crippen LogP contribution >= 0.6 is 0 Å².